The van der Waals surface area contributed by atoms with Gasteiger partial charge < -0.3 is 0 Å². The van der Waals surface area contributed by atoms with Crippen molar-refractivity contribution < 1.29 is 21.6 Å². The summed E-state index contributed by atoms with van der Waals surface area (Å²) in [6.07, 6.45) is 1.46. The topological polar surface area (TPSA) is 127 Å². The van der Waals surface area contributed by atoms with Gasteiger partial charge in [-0.1, -0.05) is 30.3 Å². The minimum Gasteiger partial charge on any atom is -0.280 e. The number of aromatic nitrogens is 2. The number of benzene rings is 2. The molecule has 0 aliphatic carbocycles. The molecule has 1 heterocycles. The number of hydrogen-bond acceptors (Lipinski definition) is 6. The third-order valence-corrected chi connectivity index (χ3v) is 7.09. The molecule has 3 aromatic rings. The first kappa shape index (κ1) is 22.5. The normalized spacial score (nSPS) is 12.0. The van der Waals surface area contributed by atoms with E-state index in [2.05, 4.69) is 9.82 Å². The monoisotopic (exact) mass is 462 g/mol. The fourth-order valence-electron chi connectivity index (χ4n) is 2.79. The molecule has 0 spiro atoms. The van der Waals surface area contributed by atoms with Crippen molar-refractivity contribution in [1.29, 1.82) is 0 Å². The molecule has 0 atom stereocenters. The summed E-state index contributed by atoms with van der Waals surface area (Å²) >= 11 is 0. The van der Waals surface area contributed by atoms with Crippen molar-refractivity contribution in [2.75, 3.05) is 4.72 Å². The second-order valence-electron chi connectivity index (χ2n) is 7.07. The van der Waals surface area contributed by atoms with Gasteiger partial charge >= 0.3 is 0 Å². The van der Waals surface area contributed by atoms with Crippen LogP contribution in [0.15, 0.2) is 70.6 Å². The van der Waals surface area contributed by atoms with Crippen LogP contribution in [0.4, 0.5) is 5.69 Å². The van der Waals surface area contributed by atoms with E-state index in [0.717, 1.165) is 6.92 Å². The highest BCUT2D eigenvalue weighted by molar-refractivity contribution is 7.93. The Morgan fingerprint density at radius 3 is 2.10 bits per heavy atom. The Morgan fingerprint density at radius 2 is 1.55 bits per heavy atom. The largest absolute Gasteiger partial charge is 0.280 e. The van der Waals surface area contributed by atoms with Gasteiger partial charge in [0, 0.05) is 30.4 Å². The Bertz CT molecular complexity index is 1300. The molecule has 11 heteroatoms. The van der Waals surface area contributed by atoms with Crippen LogP contribution in [0.25, 0.3) is 11.3 Å². The Hall–Kier alpha value is -3.18. The van der Waals surface area contributed by atoms with Gasteiger partial charge in [0.25, 0.3) is 20.0 Å². The smallest absolute Gasteiger partial charge is 0.265 e. The molecule has 0 saturated carbocycles. The van der Waals surface area contributed by atoms with Gasteiger partial charge in [-0.05, 0) is 38.1 Å². The highest BCUT2D eigenvalue weighted by Crippen LogP contribution is 2.29. The maximum atomic E-state index is 13.1. The average Bonchev–Trinajstić information content (AvgIpc) is 3.15. The lowest BCUT2D eigenvalue weighted by atomic mass is 10.2. The minimum absolute atomic E-state index is 0.00217. The van der Waals surface area contributed by atoms with Crippen LogP contribution >= 0.6 is 0 Å². The number of rotatable bonds is 7. The SMILES string of the molecule is CC(=O)NS(=O)(=O)c1ccc(NS(=O)(=O)c2cn(C(C)C)nc2-c2ccccc2)cc1. The lowest BCUT2D eigenvalue weighted by molar-refractivity contribution is -0.117. The lowest BCUT2D eigenvalue weighted by Crippen LogP contribution is -2.28. The van der Waals surface area contributed by atoms with Crippen LogP contribution in [0.5, 0.6) is 0 Å². The molecule has 2 N–H and O–H groups in total. The predicted molar refractivity (Wildman–Crippen MR) is 116 cm³/mol. The van der Waals surface area contributed by atoms with E-state index in [-0.39, 0.29) is 21.5 Å². The van der Waals surface area contributed by atoms with E-state index < -0.39 is 26.0 Å². The molecule has 0 unspecified atom stereocenters. The van der Waals surface area contributed by atoms with E-state index in [1.165, 1.54) is 30.5 Å². The first-order valence-corrected chi connectivity index (χ1v) is 12.3. The fraction of sp³-hybridized carbons (Fsp3) is 0.200. The van der Waals surface area contributed by atoms with Gasteiger partial charge in [0.2, 0.25) is 5.91 Å². The molecule has 0 saturated heterocycles. The number of nitrogens with zero attached hydrogens (tertiary/aromatic N) is 2. The molecule has 0 bridgehead atoms. The van der Waals surface area contributed by atoms with E-state index >= 15 is 0 Å². The second kappa shape index (κ2) is 8.52. The van der Waals surface area contributed by atoms with Gasteiger partial charge in [-0.3, -0.25) is 14.2 Å². The molecular formula is C20H22N4O5S2. The van der Waals surface area contributed by atoms with E-state index in [0.29, 0.717) is 11.3 Å². The maximum absolute atomic E-state index is 13.1. The van der Waals surface area contributed by atoms with Crippen molar-refractivity contribution in [3.05, 3.63) is 60.8 Å². The van der Waals surface area contributed by atoms with Crippen molar-refractivity contribution in [2.24, 2.45) is 0 Å². The number of sulfonamides is 2. The molecule has 0 aliphatic heterocycles. The van der Waals surface area contributed by atoms with Crippen LogP contribution in [-0.2, 0) is 24.8 Å². The van der Waals surface area contributed by atoms with Crippen LogP contribution < -0.4 is 9.44 Å². The first-order chi connectivity index (χ1) is 14.5. The fourth-order valence-corrected chi connectivity index (χ4v) is 5.00. The van der Waals surface area contributed by atoms with E-state index in [1.807, 2.05) is 24.6 Å². The molecule has 0 radical (unpaired) electrons. The Labute approximate surface area is 181 Å². The summed E-state index contributed by atoms with van der Waals surface area (Å²) in [6.45, 7) is 4.86. The Balaban J connectivity index is 1.95. The van der Waals surface area contributed by atoms with Gasteiger partial charge in [0.05, 0.1) is 4.90 Å². The molecule has 0 fully saturated rings. The van der Waals surface area contributed by atoms with Crippen molar-refractivity contribution in [3.63, 3.8) is 0 Å². The van der Waals surface area contributed by atoms with E-state index in [1.54, 1.807) is 28.9 Å². The summed E-state index contributed by atoms with van der Waals surface area (Å²) in [4.78, 5) is 10.9. The van der Waals surface area contributed by atoms with Crippen LogP contribution in [0, 0.1) is 0 Å². The molecule has 9 nitrogen and oxygen atoms in total. The van der Waals surface area contributed by atoms with Crippen molar-refractivity contribution in [1.82, 2.24) is 14.5 Å². The first-order valence-electron chi connectivity index (χ1n) is 9.30. The summed E-state index contributed by atoms with van der Waals surface area (Å²) in [5.41, 5.74) is 1.13. The van der Waals surface area contributed by atoms with Crippen molar-refractivity contribution in [3.8, 4) is 11.3 Å². The number of carbonyl (C=O) groups is 1. The summed E-state index contributed by atoms with van der Waals surface area (Å²) in [7, 11) is -8.04. The van der Waals surface area contributed by atoms with Crippen molar-refractivity contribution >= 4 is 31.6 Å². The molecule has 1 amide bonds. The number of anilines is 1. The molecule has 1 aromatic heterocycles. The third-order valence-electron chi connectivity index (χ3n) is 4.26. The highest BCUT2D eigenvalue weighted by atomic mass is 32.2. The number of hydrogen-bond donors (Lipinski definition) is 2. The van der Waals surface area contributed by atoms with Crippen LogP contribution in [0.2, 0.25) is 0 Å². The van der Waals surface area contributed by atoms with Crippen LogP contribution in [-0.4, -0.2) is 32.5 Å². The zero-order chi connectivity index (χ0) is 22.8. The van der Waals surface area contributed by atoms with Crippen LogP contribution in [0.1, 0.15) is 26.8 Å². The van der Waals surface area contributed by atoms with Gasteiger partial charge in [0.1, 0.15) is 10.6 Å². The minimum atomic E-state index is -4.02. The number of carbonyl (C=O) groups excluding carboxylic acids is 1. The molecule has 164 valence electrons. The number of amides is 1. The molecule has 2 aromatic carbocycles. The summed E-state index contributed by atoms with van der Waals surface area (Å²) in [5.74, 6) is -0.722. The molecular weight excluding hydrogens is 440 g/mol. The zero-order valence-corrected chi connectivity index (χ0v) is 18.7. The number of nitrogens with one attached hydrogen (secondary N) is 2. The quantitative estimate of drug-likeness (QED) is 0.556. The van der Waals surface area contributed by atoms with Crippen molar-refractivity contribution in [2.45, 2.75) is 36.6 Å². The summed E-state index contributed by atoms with van der Waals surface area (Å²) in [6, 6.07) is 13.9. The molecule has 31 heavy (non-hydrogen) atoms. The van der Waals surface area contributed by atoms with Gasteiger partial charge in [-0.2, -0.15) is 5.10 Å². The predicted octanol–water partition coefficient (Wildman–Crippen LogP) is 2.76. The van der Waals surface area contributed by atoms with E-state index in [9.17, 15) is 21.6 Å². The average molecular weight is 463 g/mol. The van der Waals surface area contributed by atoms with Crippen LogP contribution in [0.3, 0.4) is 0 Å². The second-order valence-corrected chi connectivity index (χ2v) is 10.4. The molecule has 3 rings (SSSR count). The highest BCUT2D eigenvalue weighted by Gasteiger charge is 2.25. The van der Waals surface area contributed by atoms with Gasteiger partial charge in [-0.25, -0.2) is 21.6 Å². The summed E-state index contributed by atoms with van der Waals surface area (Å²) < 4.78 is 56.2. The Morgan fingerprint density at radius 1 is 0.935 bits per heavy atom. The Kier molecular flexibility index (Phi) is 6.18. The molecule has 0 aliphatic rings. The standard InChI is InChI=1S/C20H22N4O5S2/c1-14(2)24-13-19(20(21-24)16-7-5-4-6-8-16)31(28,29)23-17-9-11-18(12-10-17)30(26,27)22-15(3)25/h4-14,23H,1-3H3,(H,22,25). The summed E-state index contributed by atoms with van der Waals surface area (Å²) in [5, 5.41) is 4.44. The maximum Gasteiger partial charge on any atom is 0.265 e. The lowest BCUT2D eigenvalue weighted by Gasteiger charge is -2.09. The zero-order valence-electron chi connectivity index (χ0n) is 17.1. The van der Waals surface area contributed by atoms with Gasteiger partial charge in [0.15, 0.2) is 0 Å². The van der Waals surface area contributed by atoms with Gasteiger partial charge in [-0.15, -0.1) is 0 Å². The third kappa shape index (κ3) is 5.12. The van der Waals surface area contributed by atoms with E-state index in [4.69, 9.17) is 0 Å².